The van der Waals surface area contributed by atoms with Gasteiger partial charge in [-0.1, -0.05) is 13.8 Å². The number of nitriles is 1. The number of carbonyl (C=O) groups excluding carboxylic acids is 1. The molecule has 3 saturated carbocycles. The number of halogens is 3. The first-order valence-corrected chi connectivity index (χ1v) is 27.5. The number of piperidine rings is 1. The highest BCUT2D eigenvalue weighted by Crippen LogP contribution is 2.53. The zero-order valence-electron chi connectivity index (χ0n) is 40.9. The molecule has 1 amide bonds. The van der Waals surface area contributed by atoms with Gasteiger partial charge in [-0.25, -0.2) is 21.7 Å². The largest absolute Gasteiger partial charge is 0.393 e. The van der Waals surface area contributed by atoms with Gasteiger partial charge in [0, 0.05) is 68.5 Å². The summed E-state index contributed by atoms with van der Waals surface area (Å²) < 4.78 is 64.4. The molecule has 3 aliphatic carbocycles. The number of hydrazine groups is 2. The highest BCUT2D eigenvalue weighted by atomic mass is 32.2. The van der Waals surface area contributed by atoms with Crippen LogP contribution in [0.5, 0.6) is 0 Å². The van der Waals surface area contributed by atoms with Gasteiger partial charge < -0.3 is 19.5 Å². The number of likely N-dealkylation sites (tertiary alicyclic amines) is 2. The van der Waals surface area contributed by atoms with Gasteiger partial charge in [0.15, 0.2) is 0 Å². The van der Waals surface area contributed by atoms with E-state index in [0.29, 0.717) is 43.7 Å². The standard InChI is InChI=1S/C49H80F3N11O4S/c1-28-29(2)68-47-43(28)44(56-38(25-42-54-18-22-66-42)45-60-57-30(3)63(45)47)31-6-13-39(36(23-31)49(50,51)52)61-19-15-48(16-20-61)17-21-62(27-48)41-14-12-37(58-59-41)46(64)55-33-7-10-34(11-8-33)67-35-9-5-32(26-53)40(24-35)65-4/h28-43,45,47,54,57-60H,5-25,27H2,1-4H3,(H,55,64). The van der Waals surface area contributed by atoms with Crippen molar-refractivity contribution in [3.8, 4) is 6.07 Å². The highest BCUT2D eigenvalue weighted by molar-refractivity contribution is 8.00. The van der Waals surface area contributed by atoms with Crippen molar-refractivity contribution >= 4 is 23.4 Å². The van der Waals surface area contributed by atoms with E-state index in [4.69, 9.17) is 19.2 Å². The number of nitrogens with zero attached hydrogens (tertiary/aromatic N) is 5. The summed E-state index contributed by atoms with van der Waals surface area (Å²) in [6.07, 6.45) is 8.68. The van der Waals surface area contributed by atoms with Crippen LogP contribution in [-0.2, 0) is 19.0 Å². The van der Waals surface area contributed by atoms with Crippen molar-refractivity contribution in [3.05, 3.63) is 0 Å². The van der Waals surface area contributed by atoms with E-state index < -0.39 is 18.1 Å². The summed E-state index contributed by atoms with van der Waals surface area (Å²) in [6, 6.07) is 1.59. The topological polar surface area (TPSA) is 163 Å². The molecule has 382 valence electrons. The second-order valence-corrected chi connectivity index (χ2v) is 24.1. The molecule has 16 atom stereocenters. The van der Waals surface area contributed by atoms with E-state index in [2.05, 4.69) is 73.9 Å². The quantitative estimate of drug-likeness (QED) is 0.177. The lowest BCUT2D eigenvalue weighted by atomic mass is 9.69. The number of rotatable bonds is 10. The van der Waals surface area contributed by atoms with Crippen LogP contribution >= 0.6 is 11.8 Å². The van der Waals surface area contributed by atoms with Crippen LogP contribution in [0.1, 0.15) is 124 Å². The molecule has 0 aromatic rings. The number of hydrogen-bond acceptors (Lipinski definition) is 15. The van der Waals surface area contributed by atoms with E-state index in [-0.39, 0.29) is 102 Å². The molecule has 19 heteroatoms. The number of amides is 1. The Kier molecular flexibility index (Phi) is 15.4. The van der Waals surface area contributed by atoms with Gasteiger partial charge in [0.05, 0.1) is 72.7 Å². The number of fused-ring (bicyclic) bond motifs is 3. The van der Waals surface area contributed by atoms with E-state index in [9.17, 15) is 10.1 Å². The number of ether oxygens (including phenoxy) is 3. The van der Waals surface area contributed by atoms with Crippen LogP contribution in [0.15, 0.2) is 4.99 Å². The summed E-state index contributed by atoms with van der Waals surface area (Å²) in [4.78, 5) is 26.3. The van der Waals surface area contributed by atoms with Gasteiger partial charge in [0.1, 0.15) is 12.3 Å². The predicted octanol–water partition coefficient (Wildman–Crippen LogP) is 4.81. The number of hydrogen-bond donors (Lipinski definition) is 6. The first-order chi connectivity index (χ1) is 32.8. The number of nitrogens with one attached hydrogen (secondary N) is 6. The number of methoxy groups -OCH3 is 1. The van der Waals surface area contributed by atoms with Crippen molar-refractivity contribution in [2.75, 3.05) is 46.4 Å². The molecule has 1 spiro atoms. The van der Waals surface area contributed by atoms with Crippen molar-refractivity contribution in [1.29, 1.82) is 5.26 Å². The Morgan fingerprint density at radius 2 is 1.71 bits per heavy atom. The van der Waals surface area contributed by atoms with E-state index in [1.54, 1.807) is 7.11 Å². The van der Waals surface area contributed by atoms with Gasteiger partial charge in [-0.05, 0) is 127 Å². The fourth-order valence-corrected chi connectivity index (χ4v) is 16.4. The minimum absolute atomic E-state index is 0.0450. The Bertz CT molecular complexity index is 1800. The third-order valence-corrected chi connectivity index (χ3v) is 20.4. The third-order valence-electron chi connectivity index (χ3n) is 18.7. The lowest BCUT2D eigenvalue weighted by molar-refractivity contribution is -0.203. The maximum absolute atomic E-state index is 15.4. The van der Waals surface area contributed by atoms with Gasteiger partial charge >= 0.3 is 6.18 Å². The average Bonchev–Trinajstić information content (AvgIpc) is 4.14. The SMILES string of the molecule is COC1CC(OC2CCC(NC(=O)C3CCC(N4CCC5(CCN(C6CCC(C7=NC(CC8NCCO8)C8NNC(C)N8C8SC(C)C(C)C78)CC6C(F)(F)F)CC5)C4)NN3)CC2)CCC1C#N. The Morgan fingerprint density at radius 1 is 0.941 bits per heavy atom. The Balaban J connectivity index is 0.701. The molecule has 6 saturated heterocycles. The monoisotopic (exact) mass is 976 g/mol. The maximum Gasteiger partial charge on any atom is 0.393 e. The second kappa shape index (κ2) is 21.0. The molecule has 16 unspecified atom stereocenters. The molecule has 0 aromatic carbocycles. The smallest absolute Gasteiger partial charge is 0.380 e. The van der Waals surface area contributed by atoms with Crippen molar-refractivity contribution in [1.82, 2.24) is 47.0 Å². The zero-order chi connectivity index (χ0) is 47.3. The molecular formula is C49H80F3N11O4S. The fraction of sp³-hybridized carbons (Fsp3) is 0.939. The van der Waals surface area contributed by atoms with Crippen LogP contribution in [0.25, 0.3) is 0 Å². The van der Waals surface area contributed by atoms with E-state index in [1.807, 2.05) is 11.8 Å². The zero-order valence-corrected chi connectivity index (χ0v) is 41.7. The summed E-state index contributed by atoms with van der Waals surface area (Å²) in [7, 11) is 1.68. The second-order valence-electron chi connectivity index (χ2n) is 22.6. The van der Waals surface area contributed by atoms with Crippen LogP contribution in [0, 0.1) is 46.3 Å². The molecule has 68 heavy (non-hydrogen) atoms. The first-order valence-electron chi connectivity index (χ1n) is 26.6. The lowest BCUT2D eigenvalue weighted by Gasteiger charge is -2.48. The van der Waals surface area contributed by atoms with Crippen molar-refractivity contribution in [3.63, 3.8) is 0 Å². The molecule has 15 nitrogen and oxygen atoms in total. The summed E-state index contributed by atoms with van der Waals surface area (Å²) in [6.45, 7) is 11.5. The van der Waals surface area contributed by atoms with Crippen molar-refractivity contribution in [2.24, 2.45) is 40.0 Å². The number of aliphatic imine (C=N–C) groups is 1. The summed E-state index contributed by atoms with van der Waals surface area (Å²) in [5.41, 5.74) is 15.0. The summed E-state index contributed by atoms with van der Waals surface area (Å²) >= 11 is 1.97. The number of thioether (sulfide) groups is 1. The van der Waals surface area contributed by atoms with Crippen molar-refractivity contribution < 1.29 is 32.2 Å². The van der Waals surface area contributed by atoms with Crippen molar-refractivity contribution in [2.45, 2.75) is 208 Å². The van der Waals surface area contributed by atoms with Gasteiger partial charge in [-0.15, -0.1) is 11.8 Å². The molecule has 0 aromatic heterocycles. The van der Waals surface area contributed by atoms with Crippen LogP contribution in [-0.4, -0.2) is 157 Å². The number of carbonyl (C=O) groups is 1. The van der Waals surface area contributed by atoms with E-state index in [1.165, 1.54) is 0 Å². The fourth-order valence-electron chi connectivity index (χ4n) is 14.5. The molecule has 10 aliphatic rings. The minimum atomic E-state index is -4.28. The summed E-state index contributed by atoms with van der Waals surface area (Å²) in [5, 5.41) is 16.7. The number of alkyl halides is 3. The van der Waals surface area contributed by atoms with Gasteiger partial charge in [-0.3, -0.25) is 29.8 Å². The maximum atomic E-state index is 15.4. The molecule has 7 aliphatic heterocycles. The average molecular weight is 976 g/mol. The molecular weight excluding hydrogens is 896 g/mol. The molecule has 10 rings (SSSR count). The molecule has 7 heterocycles. The minimum Gasteiger partial charge on any atom is -0.380 e. The lowest BCUT2D eigenvalue weighted by Crippen LogP contribution is -2.62. The van der Waals surface area contributed by atoms with Gasteiger partial charge in [0.25, 0.3) is 0 Å². The predicted molar refractivity (Wildman–Crippen MR) is 254 cm³/mol. The van der Waals surface area contributed by atoms with Crippen LogP contribution in [0.4, 0.5) is 13.2 Å². The Hall–Kier alpha value is -1.67. The first kappa shape index (κ1) is 49.9. The van der Waals surface area contributed by atoms with Gasteiger partial charge in [0.2, 0.25) is 5.91 Å². The third kappa shape index (κ3) is 10.4. The molecule has 9 fully saturated rings. The van der Waals surface area contributed by atoms with Crippen LogP contribution < -0.4 is 32.3 Å². The van der Waals surface area contributed by atoms with E-state index >= 15 is 13.2 Å². The Labute approximate surface area is 406 Å². The molecule has 0 bridgehead atoms. The normalized spacial score (nSPS) is 45.1. The molecule has 0 radical (unpaired) electrons. The van der Waals surface area contributed by atoms with Crippen LogP contribution in [0.3, 0.4) is 0 Å². The highest BCUT2D eigenvalue weighted by Gasteiger charge is 2.57. The summed E-state index contributed by atoms with van der Waals surface area (Å²) in [5.74, 6) is -1.17. The van der Waals surface area contributed by atoms with Gasteiger partial charge in [-0.2, -0.15) is 18.4 Å². The van der Waals surface area contributed by atoms with Crippen LogP contribution in [0.2, 0.25) is 0 Å². The van der Waals surface area contributed by atoms with E-state index in [0.717, 1.165) is 109 Å². The molecule has 6 N–H and O–H groups in total. The Morgan fingerprint density at radius 3 is 2.40 bits per heavy atom.